The molecule has 1 atom stereocenters. The monoisotopic (exact) mass is 514 g/mol. The van der Waals surface area contributed by atoms with Crippen LogP contribution in [0, 0.1) is 11.7 Å². The third-order valence-electron chi connectivity index (χ3n) is 6.88. The smallest absolute Gasteiger partial charge is 0.454 e. The number of hydrogen-bond acceptors (Lipinski definition) is 6. The fourth-order valence-electron chi connectivity index (χ4n) is 4.88. The van der Waals surface area contributed by atoms with Crippen molar-refractivity contribution in [3.8, 4) is 11.3 Å². The number of benzene rings is 2. The first-order valence-corrected chi connectivity index (χ1v) is 13.9. The van der Waals surface area contributed by atoms with Gasteiger partial charge in [-0.2, -0.15) is 0 Å². The van der Waals surface area contributed by atoms with Crippen molar-refractivity contribution in [1.82, 2.24) is 5.32 Å². The maximum absolute atomic E-state index is 13.5. The molecule has 8 nitrogen and oxygen atoms in total. The van der Waals surface area contributed by atoms with Crippen molar-refractivity contribution in [3.05, 3.63) is 53.3 Å². The molecule has 1 aromatic heterocycles. The van der Waals surface area contributed by atoms with E-state index in [1.54, 1.807) is 18.2 Å². The highest BCUT2D eigenvalue weighted by molar-refractivity contribution is 7.92. The van der Waals surface area contributed by atoms with E-state index in [0.29, 0.717) is 52.9 Å². The molecule has 0 bridgehead atoms. The van der Waals surface area contributed by atoms with Crippen molar-refractivity contribution in [2.45, 2.75) is 31.5 Å². The number of furan rings is 1. The second-order valence-corrected chi connectivity index (χ2v) is 11.5. The van der Waals surface area contributed by atoms with Crippen LogP contribution in [0.2, 0.25) is 6.32 Å². The van der Waals surface area contributed by atoms with E-state index in [4.69, 9.17) is 9.07 Å². The molecular formula is C25H28BFN2O6S. The normalized spacial score (nSPS) is 18.1. The second kappa shape index (κ2) is 9.53. The van der Waals surface area contributed by atoms with Crippen LogP contribution in [0.15, 0.2) is 40.8 Å². The molecule has 1 aliphatic heterocycles. The van der Waals surface area contributed by atoms with Gasteiger partial charge in [0.15, 0.2) is 0 Å². The summed E-state index contributed by atoms with van der Waals surface area (Å²) in [5.41, 5.74) is 2.64. The van der Waals surface area contributed by atoms with Gasteiger partial charge in [0.25, 0.3) is 5.91 Å². The molecule has 190 valence electrons. The number of hydrogen-bond donors (Lipinski definition) is 2. The topological polar surface area (TPSA) is 109 Å². The third kappa shape index (κ3) is 4.87. The zero-order valence-electron chi connectivity index (χ0n) is 20.2. The molecule has 2 heterocycles. The van der Waals surface area contributed by atoms with E-state index in [9.17, 15) is 22.6 Å². The highest BCUT2D eigenvalue weighted by Crippen LogP contribution is 2.48. The zero-order chi connectivity index (χ0) is 25.6. The van der Waals surface area contributed by atoms with E-state index >= 15 is 0 Å². The van der Waals surface area contributed by atoms with Crippen LogP contribution in [0.4, 0.5) is 10.1 Å². The first-order chi connectivity index (χ1) is 17.2. The first kappa shape index (κ1) is 24.8. The molecule has 2 aliphatic rings. The van der Waals surface area contributed by atoms with Crippen LogP contribution < -0.4 is 9.62 Å². The molecular weight excluding hydrogens is 486 g/mol. The second-order valence-electron chi connectivity index (χ2n) is 9.59. The Balaban J connectivity index is 1.63. The lowest BCUT2D eigenvalue weighted by Gasteiger charge is -2.26. The lowest BCUT2D eigenvalue weighted by Crippen LogP contribution is -2.32. The minimum absolute atomic E-state index is 0.0610. The van der Waals surface area contributed by atoms with E-state index in [2.05, 4.69) is 5.32 Å². The maximum Gasteiger partial charge on any atom is 0.454 e. The molecule has 0 spiro atoms. The van der Waals surface area contributed by atoms with Crippen molar-refractivity contribution in [3.63, 3.8) is 0 Å². The van der Waals surface area contributed by atoms with E-state index < -0.39 is 23.0 Å². The van der Waals surface area contributed by atoms with Gasteiger partial charge in [-0.3, -0.25) is 9.10 Å². The molecule has 3 aromatic rings. The van der Waals surface area contributed by atoms with Crippen LogP contribution >= 0.6 is 0 Å². The molecule has 36 heavy (non-hydrogen) atoms. The Morgan fingerprint density at radius 1 is 1.25 bits per heavy atom. The number of rotatable bonds is 8. The number of sulfonamides is 1. The molecule has 11 heteroatoms. The van der Waals surface area contributed by atoms with Gasteiger partial charge in [0, 0.05) is 37.2 Å². The average molecular weight is 514 g/mol. The molecule has 0 radical (unpaired) electrons. The Kier molecular flexibility index (Phi) is 6.56. The summed E-state index contributed by atoms with van der Waals surface area (Å²) in [6.45, 7) is 0.626. The Morgan fingerprint density at radius 2 is 1.97 bits per heavy atom. The summed E-state index contributed by atoms with van der Waals surface area (Å²) in [4.78, 5) is 12.9. The third-order valence-corrected chi connectivity index (χ3v) is 8.06. The van der Waals surface area contributed by atoms with Gasteiger partial charge in [-0.05, 0) is 73.3 Å². The van der Waals surface area contributed by atoms with Crippen LogP contribution in [-0.2, 0) is 14.7 Å². The highest BCUT2D eigenvalue weighted by Gasteiger charge is 2.34. The van der Waals surface area contributed by atoms with Gasteiger partial charge in [0.05, 0.1) is 17.5 Å². The van der Waals surface area contributed by atoms with E-state index in [-0.39, 0.29) is 24.3 Å². The van der Waals surface area contributed by atoms with Crippen molar-refractivity contribution in [2.75, 3.05) is 30.8 Å². The molecule has 1 saturated heterocycles. The Bertz CT molecular complexity index is 1400. The number of nitrogens with one attached hydrogen (secondary N) is 1. The fourth-order valence-corrected chi connectivity index (χ4v) is 5.83. The van der Waals surface area contributed by atoms with Gasteiger partial charge in [-0.25, -0.2) is 12.8 Å². The zero-order valence-corrected chi connectivity index (χ0v) is 21.0. The van der Waals surface area contributed by atoms with Gasteiger partial charge in [0.1, 0.15) is 17.2 Å². The number of halogens is 1. The summed E-state index contributed by atoms with van der Waals surface area (Å²) < 4.78 is 52.2. The Labute approximate surface area is 209 Å². The van der Waals surface area contributed by atoms with E-state index in [1.807, 2.05) is 6.07 Å². The quantitative estimate of drug-likeness (QED) is 0.444. The van der Waals surface area contributed by atoms with Crippen molar-refractivity contribution in [2.24, 2.45) is 5.92 Å². The van der Waals surface area contributed by atoms with Gasteiger partial charge >= 0.3 is 7.12 Å². The van der Waals surface area contributed by atoms with Gasteiger partial charge < -0.3 is 19.4 Å². The minimum Gasteiger partial charge on any atom is -0.455 e. The number of carbonyl (C=O) groups is 1. The standard InChI is InChI=1S/C25H28BFN2O6S/c1-28-25(30)23-20-11-19(16-3-4-16)21(12-22(20)35-24(23)17-5-7-18(27)8-6-17)29(36(2,32)33)10-9-15-13-26(31)34-14-15/h5-8,11-12,15-16,31H,3-4,9-10,13-14H2,1-2H3,(H,28,30). The minimum atomic E-state index is -3.63. The molecule has 5 rings (SSSR count). The van der Waals surface area contributed by atoms with Crippen LogP contribution in [0.1, 0.15) is 41.1 Å². The molecule has 2 N–H and O–H groups in total. The van der Waals surface area contributed by atoms with Gasteiger partial charge in [-0.15, -0.1) is 0 Å². The van der Waals surface area contributed by atoms with Crippen LogP contribution in [0.5, 0.6) is 0 Å². The molecule has 1 unspecified atom stereocenters. The van der Waals surface area contributed by atoms with Crippen LogP contribution in [0.25, 0.3) is 22.3 Å². The Hall–Kier alpha value is -2.89. The summed E-state index contributed by atoms with van der Waals surface area (Å²) >= 11 is 0. The first-order valence-electron chi connectivity index (χ1n) is 12.0. The summed E-state index contributed by atoms with van der Waals surface area (Å²) in [6.07, 6.45) is 4.04. The van der Waals surface area contributed by atoms with Crippen molar-refractivity contribution < 1.29 is 31.7 Å². The lowest BCUT2D eigenvalue weighted by atomic mass is 9.81. The molecule has 1 aliphatic carbocycles. The van der Waals surface area contributed by atoms with Crippen molar-refractivity contribution >= 4 is 39.7 Å². The predicted octanol–water partition coefficient (Wildman–Crippen LogP) is 3.76. The van der Waals surface area contributed by atoms with Gasteiger partial charge in [0.2, 0.25) is 10.0 Å². The summed E-state index contributed by atoms with van der Waals surface area (Å²) in [7, 11) is -2.91. The summed E-state index contributed by atoms with van der Waals surface area (Å²) in [5, 5.41) is 12.9. The number of anilines is 1. The summed E-state index contributed by atoms with van der Waals surface area (Å²) in [6, 6.07) is 9.25. The average Bonchev–Trinajstić information content (AvgIpc) is 3.49. The molecule has 2 aromatic carbocycles. The predicted molar refractivity (Wildman–Crippen MR) is 136 cm³/mol. The van der Waals surface area contributed by atoms with Crippen LogP contribution in [-0.4, -0.2) is 52.9 Å². The molecule has 2 fully saturated rings. The number of carbonyl (C=O) groups excluding carboxylic acids is 1. The molecule has 1 saturated carbocycles. The fraction of sp³-hybridized carbons (Fsp3) is 0.400. The molecule has 1 amide bonds. The van der Waals surface area contributed by atoms with Gasteiger partial charge in [-0.1, -0.05) is 0 Å². The van der Waals surface area contributed by atoms with Crippen LogP contribution in [0.3, 0.4) is 0 Å². The van der Waals surface area contributed by atoms with E-state index in [0.717, 1.165) is 18.4 Å². The maximum atomic E-state index is 13.5. The van der Waals surface area contributed by atoms with E-state index in [1.165, 1.54) is 29.7 Å². The number of fused-ring (bicyclic) bond motifs is 1. The SMILES string of the molecule is CNC(=O)c1c(-c2ccc(F)cc2)oc2cc(N(CCC3COB(O)C3)S(C)(=O)=O)c(C3CC3)cc12. The summed E-state index contributed by atoms with van der Waals surface area (Å²) in [5.74, 6) is -0.204. The number of nitrogens with zero attached hydrogens (tertiary/aromatic N) is 1. The highest BCUT2D eigenvalue weighted by atomic mass is 32.2. The largest absolute Gasteiger partial charge is 0.455 e. The Morgan fingerprint density at radius 3 is 2.56 bits per heavy atom. The lowest BCUT2D eigenvalue weighted by molar-refractivity contribution is 0.0964. The van der Waals surface area contributed by atoms with Crippen molar-refractivity contribution in [1.29, 1.82) is 0 Å². The number of amides is 1.